The predicted molar refractivity (Wildman–Crippen MR) is 89.7 cm³/mol. The van der Waals surface area contributed by atoms with E-state index in [-0.39, 0.29) is 5.66 Å². The minimum atomic E-state index is -0.0636. The highest BCUT2D eigenvalue weighted by atomic mass is 32.2. The van der Waals surface area contributed by atoms with Gasteiger partial charge >= 0.3 is 0 Å². The maximum Gasteiger partial charge on any atom is 0.127 e. The first kappa shape index (κ1) is 13.0. The van der Waals surface area contributed by atoms with Gasteiger partial charge < -0.3 is 4.90 Å². The fourth-order valence-corrected chi connectivity index (χ4v) is 4.48. The summed E-state index contributed by atoms with van der Waals surface area (Å²) in [5, 5.41) is 6.06. The lowest BCUT2D eigenvalue weighted by Crippen LogP contribution is -2.51. The SMILES string of the molecule is C1=C(c2ccccc2)N2CCNC2(c2ccccc2)CS1. The molecule has 0 radical (unpaired) electrons. The number of benzene rings is 2. The van der Waals surface area contributed by atoms with Crippen LogP contribution < -0.4 is 5.32 Å². The summed E-state index contributed by atoms with van der Waals surface area (Å²) in [6, 6.07) is 21.5. The maximum atomic E-state index is 3.75. The molecule has 2 aliphatic heterocycles. The fourth-order valence-electron chi connectivity index (χ4n) is 3.31. The average molecular weight is 294 g/mol. The molecule has 1 unspecified atom stereocenters. The van der Waals surface area contributed by atoms with Crippen molar-refractivity contribution in [3.8, 4) is 0 Å². The van der Waals surface area contributed by atoms with Crippen LogP contribution in [0.4, 0.5) is 0 Å². The summed E-state index contributed by atoms with van der Waals surface area (Å²) in [5.74, 6) is 1.05. The average Bonchev–Trinajstić information content (AvgIpc) is 3.02. The lowest BCUT2D eigenvalue weighted by atomic mass is 9.98. The summed E-state index contributed by atoms with van der Waals surface area (Å²) in [6.45, 7) is 2.08. The summed E-state index contributed by atoms with van der Waals surface area (Å²) in [7, 11) is 0. The van der Waals surface area contributed by atoms with E-state index in [0.29, 0.717) is 0 Å². The number of thioether (sulfide) groups is 1. The van der Waals surface area contributed by atoms with Gasteiger partial charge in [-0.1, -0.05) is 60.7 Å². The zero-order valence-electron chi connectivity index (χ0n) is 11.8. The second kappa shape index (κ2) is 5.24. The van der Waals surface area contributed by atoms with Gasteiger partial charge in [-0.3, -0.25) is 5.32 Å². The first-order chi connectivity index (χ1) is 10.4. The van der Waals surface area contributed by atoms with Crippen LogP contribution in [0, 0.1) is 0 Å². The van der Waals surface area contributed by atoms with Crippen molar-refractivity contribution in [1.82, 2.24) is 10.2 Å². The highest BCUT2D eigenvalue weighted by Gasteiger charge is 2.45. The summed E-state index contributed by atoms with van der Waals surface area (Å²) in [5.41, 5.74) is 3.93. The molecule has 2 aromatic rings. The lowest BCUT2D eigenvalue weighted by Gasteiger charge is -2.44. The molecule has 106 valence electrons. The third-order valence-electron chi connectivity index (χ3n) is 4.31. The smallest absolute Gasteiger partial charge is 0.127 e. The van der Waals surface area contributed by atoms with Gasteiger partial charge in [0, 0.05) is 18.8 Å². The molecule has 2 aliphatic rings. The van der Waals surface area contributed by atoms with Gasteiger partial charge in [0.25, 0.3) is 0 Å². The molecule has 0 spiro atoms. The van der Waals surface area contributed by atoms with E-state index in [9.17, 15) is 0 Å². The quantitative estimate of drug-likeness (QED) is 0.913. The molecule has 3 heteroatoms. The molecule has 1 atom stereocenters. The summed E-state index contributed by atoms with van der Waals surface area (Å²) in [4.78, 5) is 2.54. The lowest BCUT2D eigenvalue weighted by molar-refractivity contribution is 0.221. The minimum Gasteiger partial charge on any atom is -0.346 e. The summed E-state index contributed by atoms with van der Waals surface area (Å²) >= 11 is 1.90. The Morgan fingerprint density at radius 2 is 1.67 bits per heavy atom. The van der Waals surface area contributed by atoms with E-state index in [2.05, 4.69) is 76.3 Å². The zero-order valence-corrected chi connectivity index (χ0v) is 12.6. The third kappa shape index (κ3) is 2.08. The molecule has 2 aromatic carbocycles. The molecule has 2 heterocycles. The topological polar surface area (TPSA) is 15.3 Å². The van der Waals surface area contributed by atoms with E-state index in [4.69, 9.17) is 0 Å². The Labute approximate surface area is 129 Å². The van der Waals surface area contributed by atoms with Crippen LogP contribution in [0.2, 0.25) is 0 Å². The highest BCUT2D eigenvalue weighted by Crippen LogP contribution is 2.43. The first-order valence-corrected chi connectivity index (χ1v) is 8.40. The molecular formula is C18H18N2S. The van der Waals surface area contributed by atoms with Crippen LogP contribution in [0.3, 0.4) is 0 Å². The van der Waals surface area contributed by atoms with Gasteiger partial charge in [0.1, 0.15) is 5.66 Å². The van der Waals surface area contributed by atoms with Crippen molar-refractivity contribution < 1.29 is 0 Å². The summed E-state index contributed by atoms with van der Waals surface area (Å²) in [6.07, 6.45) is 0. The minimum absolute atomic E-state index is 0.0636. The van der Waals surface area contributed by atoms with Crippen LogP contribution in [0.5, 0.6) is 0 Å². The Kier molecular flexibility index (Phi) is 3.24. The Balaban J connectivity index is 1.79. The normalized spacial score (nSPS) is 24.6. The van der Waals surface area contributed by atoms with E-state index in [1.165, 1.54) is 16.8 Å². The van der Waals surface area contributed by atoms with E-state index >= 15 is 0 Å². The van der Waals surface area contributed by atoms with Crippen LogP contribution >= 0.6 is 11.8 Å². The molecule has 0 saturated carbocycles. The van der Waals surface area contributed by atoms with Crippen molar-refractivity contribution in [3.05, 3.63) is 77.2 Å². The van der Waals surface area contributed by atoms with Gasteiger partial charge in [0.2, 0.25) is 0 Å². The van der Waals surface area contributed by atoms with Crippen LogP contribution in [-0.4, -0.2) is 23.7 Å². The van der Waals surface area contributed by atoms with E-state index < -0.39 is 0 Å². The third-order valence-corrected chi connectivity index (χ3v) is 5.29. The molecule has 1 N–H and O–H groups in total. The highest BCUT2D eigenvalue weighted by molar-refractivity contribution is 8.02. The molecule has 0 aromatic heterocycles. The summed E-state index contributed by atoms with van der Waals surface area (Å²) < 4.78 is 0. The molecule has 0 amide bonds. The van der Waals surface area contributed by atoms with Crippen molar-refractivity contribution in [2.45, 2.75) is 5.66 Å². The van der Waals surface area contributed by atoms with E-state index in [1.54, 1.807) is 0 Å². The monoisotopic (exact) mass is 294 g/mol. The molecule has 0 bridgehead atoms. The Morgan fingerprint density at radius 1 is 0.952 bits per heavy atom. The molecular weight excluding hydrogens is 276 g/mol. The van der Waals surface area contributed by atoms with Gasteiger partial charge in [-0.2, -0.15) is 0 Å². The molecule has 1 saturated heterocycles. The van der Waals surface area contributed by atoms with Crippen molar-refractivity contribution >= 4 is 17.5 Å². The molecule has 1 fully saturated rings. The van der Waals surface area contributed by atoms with Crippen LogP contribution in [-0.2, 0) is 5.66 Å². The molecule has 2 nitrogen and oxygen atoms in total. The number of nitrogens with one attached hydrogen (secondary N) is 1. The van der Waals surface area contributed by atoms with Crippen molar-refractivity contribution in [3.63, 3.8) is 0 Å². The molecule has 0 aliphatic carbocycles. The molecule has 4 rings (SSSR count). The Bertz CT molecular complexity index is 653. The second-order valence-electron chi connectivity index (χ2n) is 5.48. The fraction of sp³-hybridized carbons (Fsp3) is 0.222. The van der Waals surface area contributed by atoms with E-state index in [0.717, 1.165) is 18.8 Å². The van der Waals surface area contributed by atoms with Crippen molar-refractivity contribution in [2.24, 2.45) is 0 Å². The van der Waals surface area contributed by atoms with Crippen molar-refractivity contribution in [2.75, 3.05) is 18.8 Å². The van der Waals surface area contributed by atoms with Gasteiger partial charge in [-0.15, -0.1) is 11.8 Å². The molecule has 21 heavy (non-hydrogen) atoms. The van der Waals surface area contributed by atoms with Gasteiger partial charge in [-0.05, 0) is 16.5 Å². The van der Waals surface area contributed by atoms with Gasteiger partial charge in [0.05, 0.1) is 5.70 Å². The number of nitrogens with zero attached hydrogens (tertiary/aromatic N) is 1. The first-order valence-electron chi connectivity index (χ1n) is 7.35. The van der Waals surface area contributed by atoms with Crippen LogP contribution in [0.1, 0.15) is 11.1 Å². The Hall–Kier alpha value is -1.71. The van der Waals surface area contributed by atoms with Gasteiger partial charge in [0.15, 0.2) is 0 Å². The predicted octanol–water partition coefficient (Wildman–Crippen LogP) is 3.49. The van der Waals surface area contributed by atoms with E-state index in [1.807, 2.05) is 11.8 Å². The number of hydrogen-bond acceptors (Lipinski definition) is 3. The second-order valence-corrected chi connectivity index (χ2v) is 6.34. The van der Waals surface area contributed by atoms with Crippen molar-refractivity contribution in [1.29, 1.82) is 0 Å². The Morgan fingerprint density at radius 3 is 2.43 bits per heavy atom. The maximum absolute atomic E-state index is 3.75. The number of fused-ring (bicyclic) bond motifs is 1. The van der Waals surface area contributed by atoms with Gasteiger partial charge in [-0.25, -0.2) is 0 Å². The van der Waals surface area contributed by atoms with Crippen LogP contribution in [0.25, 0.3) is 5.70 Å². The number of hydrogen-bond donors (Lipinski definition) is 1. The number of rotatable bonds is 2. The largest absolute Gasteiger partial charge is 0.346 e. The zero-order chi connectivity index (χ0) is 14.1. The van der Waals surface area contributed by atoms with Crippen LogP contribution in [0.15, 0.2) is 66.1 Å². The standard InChI is InChI=1S/C18H18N2S/c1-3-7-15(8-4-1)17-13-21-14-18(19-11-12-20(17)18)16-9-5-2-6-10-16/h1-10,13,19H,11-12,14H2.